The van der Waals surface area contributed by atoms with Gasteiger partial charge in [0, 0.05) is 5.02 Å². The molecule has 25 heavy (non-hydrogen) atoms. The molecule has 0 atom stereocenters. The smallest absolute Gasteiger partial charge is 0.253 e. The highest BCUT2D eigenvalue weighted by Gasteiger charge is 2.14. The Hall–Kier alpha value is -2.44. The van der Waals surface area contributed by atoms with E-state index in [9.17, 15) is 4.79 Å². The highest BCUT2D eigenvalue weighted by Crippen LogP contribution is 2.20. The minimum Gasteiger partial charge on any atom is -0.345 e. The van der Waals surface area contributed by atoms with Crippen molar-refractivity contribution in [1.29, 1.82) is 0 Å². The van der Waals surface area contributed by atoms with Crippen molar-refractivity contribution in [3.8, 4) is 5.69 Å². The lowest BCUT2D eigenvalue weighted by atomic mass is 10.1. The molecule has 1 N–H and O–H groups in total. The molecule has 0 saturated heterocycles. The zero-order valence-electron chi connectivity index (χ0n) is 13.6. The molecular weight excluding hydrogens is 361 g/mol. The molecule has 1 amide bonds. The molecule has 0 aliphatic heterocycles. The van der Waals surface area contributed by atoms with Crippen molar-refractivity contribution in [2.24, 2.45) is 0 Å². The van der Waals surface area contributed by atoms with Crippen LogP contribution in [0.3, 0.4) is 0 Å². The van der Waals surface area contributed by atoms with Crippen LogP contribution in [0.4, 0.5) is 0 Å². The molecule has 0 radical (unpaired) electrons. The van der Waals surface area contributed by atoms with Crippen molar-refractivity contribution in [1.82, 2.24) is 25.5 Å². The maximum absolute atomic E-state index is 12.3. The molecule has 8 heteroatoms. The first-order chi connectivity index (χ1) is 12.0. The summed E-state index contributed by atoms with van der Waals surface area (Å²) in [6.45, 7) is 4.21. The summed E-state index contributed by atoms with van der Waals surface area (Å²) in [6.07, 6.45) is 0. The van der Waals surface area contributed by atoms with Gasteiger partial charge in [-0.3, -0.25) is 4.79 Å². The second-order valence-electron chi connectivity index (χ2n) is 5.58. The fourth-order valence-corrected chi connectivity index (χ4v) is 2.68. The van der Waals surface area contributed by atoms with Crippen LogP contribution in [-0.2, 0) is 6.54 Å². The number of aromatic nitrogens is 4. The molecule has 0 aliphatic carbocycles. The molecule has 0 saturated carbocycles. The minimum absolute atomic E-state index is 0.154. The summed E-state index contributed by atoms with van der Waals surface area (Å²) < 4.78 is 1.59. The van der Waals surface area contributed by atoms with E-state index in [4.69, 9.17) is 23.2 Å². The van der Waals surface area contributed by atoms with Gasteiger partial charge in [0.2, 0.25) is 0 Å². The van der Waals surface area contributed by atoms with Crippen molar-refractivity contribution in [3.05, 3.63) is 69.0 Å². The predicted molar refractivity (Wildman–Crippen MR) is 96.3 cm³/mol. The first-order valence-electron chi connectivity index (χ1n) is 7.54. The van der Waals surface area contributed by atoms with Crippen molar-refractivity contribution in [3.63, 3.8) is 0 Å². The van der Waals surface area contributed by atoms with Crippen molar-refractivity contribution < 1.29 is 4.79 Å². The maximum atomic E-state index is 12.3. The molecule has 1 aromatic heterocycles. The quantitative estimate of drug-likeness (QED) is 0.756. The zero-order valence-corrected chi connectivity index (χ0v) is 15.1. The second kappa shape index (κ2) is 7.21. The van der Waals surface area contributed by atoms with Crippen LogP contribution >= 0.6 is 23.2 Å². The molecule has 0 aliphatic rings. The fourth-order valence-electron chi connectivity index (χ4n) is 2.30. The molecule has 0 spiro atoms. The zero-order chi connectivity index (χ0) is 18.0. The number of hydrogen-bond donors (Lipinski definition) is 1. The summed E-state index contributed by atoms with van der Waals surface area (Å²) in [6, 6.07) is 10.6. The van der Waals surface area contributed by atoms with Crippen LogP contribution in [0.2, 0.25) is 10.0 Å². The average Bonchev–Trinajstić information content (AvgIpc) is 3.06. The van der Waals surface area contributed by atoms with E-state index < -0.39 is 0 Å². The Balaban J connectivity index is 1.78. The largest absolute Gasteiger partial charge is 0.345 e. The lowest BCUT2D eigenvalue weighted by Crippen LogP contribution is -2.25. The second-order valence-corrected chi connectivity index (χ2v) is 6.43. The number of halogens is 2. The monoisotopic (exact) mass is 375 g/mol. The fraction of sp³-hybridized carbons (Fsp3) is 0.176. The van der Waals surface area contributed by atoms with Gasteiger partial charge in [0.05, 0.1) is 22.8 Å². The number of tetrazole rings is 1. The molecule has 128 valence electrons. The molecule has 3 rings (SSSR count). The number of nitrogens with zero attached hydrogens (tertiary/aromatic N) is 4. The Bertz CT molecular complexity index is 939. The van der Waals surface area contributed by atoms with Gasteiger partial charge in [-0.15, -0.1) is 5.10 Å². The van der Waals surface area contributed by atoms with Crippen molar-refractivity contribution in [2.45, 2.75) is 20.4 Å². The maximum Gasteiger partial charge on any atom is 0.253 e. The number of hydrogen-bond acceptors (Lipinski definition) is 4. The van der Waals surface area contributed by atoms with E-state index in [1.807, 2.05) is 32.0 Å². The number of rotatable bonds is 4. The van der Waals surface area contributed by atoms with E-state index in [2.05, 4.69) is 20.8 Å². The average molecular weight is 376 g/mol. The summed E-state index contributed by atoms with van der Waals surface area (Å²) >= 11 is 12.0. The molecule has 0 fully saturated rings. The van der Waals surface area contributed by atoms with Crippen LogP contribution in [0.25, 0.3) is 5.69 Å². The van der Waals surface area contributed by atoms with Gasteiger partial charge in [-0.05, 0) is 65.7 Å². The normalized spacial score (nSPS) is 10.7. The number of aryl methyl sites for hydroxylation is 2. The van der Waals surface area contributed by atoms with Crippen molar-refractivity contribution >= 4 is 29.1 Å². The standard InChI is InChI=1S/C17H15Cl2N5O/c1-10-3-5-13(7-11(10)2)24-16(21-22-23-24)9-20-17(25)14-8-12(18)4-6-15(14)19/h3-8H,9H2,1-2H3,(H,20,25). The third kappa shape index (κ3) is 3.81. The van der Waals surface area contributed by atoms with Crippen LogP contribution in [-0.4, -0.2) is 26.1 Å². The number of carbonyl (C=O) groups excluding carboxylic acids is 1. The van der Waals surface area contributed by atoms with E-state index in [1.54, 1.807) is 16.8 Å². The molecular formula is C17H15Cl2N5O. The molecule has 0 unspecified atom stereocenters. The highest BCUT2D eigenvalue weighted by atomic mass is 35.5. The van der Waals surface area contributed by atoms with Gasteiger partial charge in [0.1, 0.15) is 0 Å². The Labute approximate surface area is 154 Å². The highest BCUT2D eigenvalue weighted by molar-refractivity contribution is 6.35. The molecule has 3 aromatic rings. The van der Waals surface area contributed by atoms with Gasteiger partial charge < -0.3 is 5.32 Å². The number of benzene rings is 2. The molecule has 6 nitrogen and oxygen atoms in total. The van der Waals surface area contributed by atoms with Crippen molar-refractivity contribution in [2.75, 3.05) is 0 Å². The lowest BCUT2D eigenvalue weighted by molar-refractivity contribution is 0.0950. The van der Waals surface area contributed by atoms with E-state index in [1.165, 1.54) is 11.6 Å². The van der Waals surface area contributed by atoms with Crippen LogP contribution < -0.4 is 5.32 Å². The van der Waals surface area contributed by atoms with Crippen LogP contribution in [0, 0.1) is 13.8 Å². The Morgan fingerprint density at radius 2 is 1.92 bits per heavy atom. The van der Waals surface area contributed by atoms with Gasteiger partial charge >= 0.3 is 0 Å². The molecule has 0 bridgehead atoms. The molecule has 1 heterocycles. The lowest BCUT2D eigenvalue weighted by Gasteiger charge is -2.09. The topological polar surface area (TPSA) is 72.7 Å². The summed E-state index contributed by atoms with van der Waals surface area (Å²) in [5.74, 6) is 0.164. The third-order valence-corrected chi connectivity index (χ3v) is 4.41. The SMILES string of the molecule is Cc1ccc(-n2nnnc2CNC(=O)c2cc(Cl)ccc2Cl)cc1C. The van der Waals surface area contributed by atoms with Gasteiger partial charge in [0.25, 0.3) is 5.91 Å². The number of amides is 1. The van der Waals surface area contributed by atoms with Gasteiger partial charge in [-0.1, -0.05) is 29.3 Å². The van der Waals surface area contributed by atoms with Crippen LogP contribution in [0.1, 0.15) is 27.3 Å². The van der Waals surface area contributed by atoms with E-state index >= 15 is 0 Å². The summed E-state index contributed by atoms with van der Waals surface area (Å²) in [5, 5.41) is 15.2. The van der Waals surface area contributed by atoms with Crippen LogP contribution in [0.15, 0.2) is 36.4 Å². The first-order valence-corrected chi connectivity index (χ1v) is 8.29. The van der Waals surface area contributed by atoms with E-state index in [-0.39, 0.29) is 12.5 Å². The Kier molecular flexibility index (Phi) is 5.01. The summed E-state index contributed by atoms with van der Waals surface area (Å²) in [5.41, 5.74) is 3.45. The Morgan fingerprint density at radius 3 is 2.68 bits per heavy atom. The first kappa shape index (κ1) is 17.4. The van der Waals surface area contributed by atoms with Crippen LogP contribution in [0.5, 0.6) is 0 Å². The summed E-state index contributed by atoms with van der Waals surface area (Å²) in [4.78, 5) is 12.3. The number of carbonyl (C=O) groups is 1. The van der Waals surface area contributed by atoms with E-state index in [0.717, 1.165) is 11.3 Å². The number of nitrogens with one attached hydrogen (secondary N) is 1. The predicted octanol–water partition coefficient (Wildman–Crippen LogP) is 3.52. The van der Waals surface area contributed by atoms with Gasteiger partial charge in [-0.25, -0.2) is 0 Å². The Morgan fingerprint density at radius 1 is 1.12 bits per heavy atom. The van der Waals surface area contributed by atoms with Gasteiger partial charge in [-0.2, -0.15) is 4.68 Å². The summed E-state index contributed by atoms with van der Waals surface area (Å²) in [7, 11) is 0. The minimum atomic E-state index is -0.345. The van der Waals surface area contributed by atoms with Gasteiger partial charge in [0.15, 0.2) is 5.82 Å². The third-order valence-electron chi connectivity index (χ3n) is 3.85. The van der Waals surface area contributed by atoms with E-state index in [0.29, 0.717) is 21.4 Å². The molecule has 2 aromatic carbocycles.